The first kappa shape index (κ1) is 11.2. The van der Waals surface area contributed by atoms with Crippen molar-refractivity contribution < 1.29 is 0 Å². The number of halogens is 1. The average Bonchev–Trinajstić information content (AvgIpc) is 2.99. The van der Waals surface area contributed by atoms with Crippen molar-refractivity contribution in [2.24, 2.45) is 5.92 Å². The van der Waals surface area contributed by atoms with E-state index < -0.39 is 0 Å². The summed E-state index contributed by atoms with van der Waals surface area (Å²) in [5.41, 5.74) is 2.08. The smallest absolute Gasteiger partial charge is 0.155 e. The monoisotopic (exact) mass is 294 g/mol. The molecule has 1 N–H and O–H groups in total. The third kappa shape index (κ3) is 2.21. The first-order valence-corrected chi connectivity index (χ1v) is 6.78. The van der Waals surface area contributed by atoms with Gasteiger partial charge in [0.05, 0.1) is 18.1 Å². The molecule has 3 rings (SSSR count). The quantitative estimate of drug-likeness (QED) is 0.941. The fourth-order valence-electron chi connectivity index (χ4n) is 2.23. The highest BCUT2D eigenvalue weighted by Gasteiger charge is 2.34. The number of nitrogens with zero attached hydrogens (tertiary/aromatic N) is 3. The van der Waals surface area contributed by atoms with E-state index >= 15 is 0 Å². The van der Waals surface area contributed by atoms with Crippen LogP contribution in [0.4, 0.5) is 0 Å². The summed E-state index contributed by atoms with van der Waals surface area (Å²) < 4.78 is 2.91. The standard InChI is InChI=1S/C12H15BrN4/c1-2-8-3-10(8)14-4-9-5-16-12-6-15-11(13)7-17(9)12/h5-8,10,14H,2-4H2,1H3. The first-order chi connectivity index (χ1) is 8.28. The molecule has 2 unspecified atom stereocenters. The second-order valence-corrected chi connectivity index (χ2v) is 5.39. The van der Waals surface area contributed by atoms with E-state index in [1.165, 1.54) is 18.5 Å². The Morgan fingerprint density at radius 2 is 2.35 bits per heavy atom. The lowest BCUT2D eigenvalue weighted by atomic mass is 10.3. The highest BCUT2D eigenvalue weighted by molar-refractivity contribution is 9.10. The Labute approximate surface area is 109 Å². The van der Waals surface area contributed by atoms with Gasteiger partial charge < -0.3 is 5.32 Å². The normalized spacial score (nSPS) is 23.2. The minimum Gasteiger partial charge on any atom is -0.308 e. The van der Waals surface area contributed by atoms with E-state index in [0.717, 1.165) is 22.7 Å². The van der Waals surface area contributed by atoms with Crippen LogP contribution in [0.25, 0.3) is 5.65 Å². The third-order valence-corrected chi connectivity index (χ3v) is 3.84. The zero-order valence-electron chi connectivity index (χ0n) is 9.73. The Bertz CT molecular complexity index is 536. The van der Waals surface area contributed by atoms with Gasteiger partial charge in [-0.15, -0.1) is 0 Å². The van der Waals surface area contributed by atoms with Crippen LogP contribution in [0.1, 0.15) is 25.5 Å². The van der Waals surface area contributed by atoms with Gasteiger partial charge in [0.15, 0.2) is 5.65 Å². The summed E-state index contributed by atoms with van der Waals surface area (Å²) in [7, 11) is 0. The van der Waals surface area contributed by atoms with Crippen LogP contribution in [0.5, 0.6) is 0 Å². The lowest BCUT2D eigenvalue weighted by Crippen LogP contribution is -2.18. The highest BCUT2D eigenvalue weighted by atomic mass is 79.9. The molecule has 5 heteroatoms. The largest absolute Gasteiger partial charge is 0.308 e. The van der Waals surface area contributed by atoms with E-state index in [9.17, 15) is 0 Å². The number of nitrogens with one attached hydrogen (secondary N) is 1. The first-order valence-electron chi connectivity index (χ1n) is 5.98. The number of hydrogen-bond acceptors (Lipinski definition) is 3. The zero-order chi connectivity index (χ0) is 11.8. The maximum absolute atomic E-state index is 4.34. The van der Waals surface area contributed by atoms with E-state index in [0.29, 0.717) is 6.04 Å². The molecule has 0 spiro atoms. The average molecular weight is 295 g/mol. The van der Waals surface area contributed by atoms with Gasteiger partial charge in [-0.05, 0) is 28.3 Å². The Morgan fingerprint density at radius 1 is 1.47 bits per heavy atom. The number of hydrogen-bond donors (Lipinski definition) is 1. The van der Waals surface area contributed by atoms with Crippen molar-refractivity contribution >= 4 is 21.6 Å². The molecule has 1 saturated carbocycles. The Kier molecular flexibility index (Phi) is 2.88. The van der Waals surface area contributed by atoms with Crippen LogP contribution >= 0.6 is 15.9 Å². The van der Waals surface area contributed by atoms with Crippen LogP contribution in [0, 0.1) is 5.92 Å². The predicted octanol–water partition coefficient (Wildman–Crippen LogP) is 2.38. The van der Waals surface area contributed by atoms with Gasteiger partial charge in [0.2, 0.25) is 0 Å². The van der Waals surface area contributed by atoms with Crippen molar-refractivity contribution in [3.8, 4) is 0 Å². The molecule has 4 nitrogen and oxygen atoms in total. The van der Waals surface area contributed by atoms with Crippen molar-refractivity contribution in [3.63, 3.8) is 0 Å². The zero-order valence-corrected chi connectivity index (χ0v) is 11.3. The fourth-order valence-corrected chi connectivity index (χ4v) is 2.54. The number of imidazole rings is 1. The molecule has 2 aromatic rings. The van der Waals surface area contributed by atoms with Crippen LogP contribution in [-0.2, 0) is 6.54 Å². The van der Waals surface area contributed by atoms with Crippen LogP contribution in [0.2, 0.25) is 0 Å². The van der Waals surface area contributed by atoms with Gasteiger partial charge in [-0.1, -0.05) is 13.3 Å². The molecule has 1 aliphatic carbocycles. The molecule has 0 saturated heterocycles. The van der Waals surface area contributed by atoms with Crippen LogP contribution in [0.15, 0.2) is 23.2 Å². The van der Waals surface area contributed by atoms with Crippen molar-refractivity contribution in [2.45, 2.75) is 32.4 Å². The van der Waals surface area contributed by atoms with Crippen LogP contribution < -0.4 is 5.32 Å². The number of fused-ring (bicyclic) bond motifs is 1. The summed E-state index contributed by atoms with van der Waals surface area (Å²) in [6.45, 7) is 3.13. The van der Waals surface area contributed by atoms with E-state index in [1.807, 2.05) is 12.4 Å². The molecule has 2 atom stereocenters. The van der Waals surface area contributed by atoms with Gasteiger partial charge in [-0.3, -0.25) is 4.40 Å². The summed E-state index contributed by atoms with van der Waals surface area (Å²) in [4.78, 5) is 8.50. The maximum Gasteiger partial charge on any atom is 0.155 e. The molecule has 0 aliphatic heterocycles. The fraction of sp³-hybridized carbons (Fsp3) is 0.500. The van der Waals surface area contributed by atoms with Gasteiger partial charge in [0.1, 0.15) is 4.60 Å². The predicted molar refractivity (Wildman–Crippen MR) is 69.7 cm³/mol. The minimum absolute atomic E-state index is 0.704. The van der Waals surface area contributed by atoms with Crippen molar-refractivity contribution in [1.29, 1.82) is 0 Å². The molecule has 0 radical (unpaired) electrons. The van der Waals surface area contributed by atoms with Crippen molar-refractivity contribution in [3.05, 3.63) is 28.9 Å². The Balaban J connectivity index is 1.74. The molecule has 90 valence electrons. The van der Waals surface area contributed by atoms with E-state index in [1.54, 1.807) is 6.20 Å². The summed E-state index contributed by atoms with van der Waals surface area (Å²) >= 11 is 3.38. The molecule has 2 heterocycles. The SMILES string of the molecule is CCC1CC1NCc1cnc2cnc(Br)cn12. The Morgan fingerprint density at radius 3 is 3.12 bits per heavy atom. The molecule has 1 fully saturated rings. The van der Waals surface area contributed by atoms with E-state index in [-0.39, 0.29) is 0 Å². The summed E-state index contributed by atoms with van der Waals surface area (Å²) in [5.74, 6) is 0.877. The lowest BCUT2D eigenvalue weighted by molar-refractivity contribution is 0.613. The highest BCUT2D eigenvalue weighted by Crippen LogP contribution is 2.33. The molecule has 1 aliphatic rings. The van der Waals surface area contributed by atoms with Crippen molar-refractivity contribution in [1.82, 2.24) is 19.7 Å². The number of aromatic nitrogens is 3. The van der Waals surface area contributed by atoms with Gasteiger partial charge >= 0.3 is 0 Å². The van der Waals surface area contributed by atoms with Gasteiger partial charge in [-0.25, -0.2) is 9.97 Å². The van der Waals surface area contributed by atoms with Gasteiger partial charge in [0, 0.05) is 18.8 Å². The van der Waals surface area contributed by atoms with Crippen LogP contribution in [0.3, 0.4) is 0 Å². The van der Waals surface area contributed by atoms with Crippen molar-refractivity contribution in [2.75, 3.05) is 0 Å². The summed E-state index contributed by atoms with van der Waals surface area (Å²) in [6.07, 6.45) is 8.25. The summed E-state index contributed by atoms with van der Waals surface area (Å²) in [6, 6.07) is 0.704. The van der Waals surface area contributed by atoms with Gasteiger partial charge in [0.25, 0.3) is 0 Å². The summed E-state index contributed by atoms with van der Waals surface area (Å²) in [5, 5.41) is 3.58. The van der Waals surface area contributed by atoms with Gasteiger partial charge in [-0.2, -0.15) is 0 Å². The number of rotatable bonds is 4. The molecule has 2 aromatic heterocycles. The lowest BCUT2D eigenvalue weighted by Gasteiger charge is -2.04. The molecule has 0 bridgehead atoms. The molecular weight excluding hydrogens is 280 g/mol. The Hall–Kier alpha value is -0.940. The van der Waals surface area contributed by atoms with E-state index in [2.05, 4.69) is 42.5 Å². The minimum atomic E-state index is 0.704. The molecule has 0 amide bonds. The third-order valence-electron chi connectivity index (χ3n) is 3.43. The topological polar surface area (TPSA) is 42.2 Å². The van der Waals surface area contributed by atoms with Crippen LogP contribution in [-0.4, -0.2) is 20.4 Å². The molecule has 17 heavy (non-hydrogen) atoms. The molecule has 0 aromatic carbocycles. The van der Waals surface area contributed by atoms with E-state index in [4.69, 9.17) is 0 Å². The molecular formula is C12H15BrN4. The second kappa shape index (κ2) is 4.38. The maximum atomic E-state index is 4.34. The second-order valence-electron chi connectivity index (χ2n) is 4.58.